The fourth-order valence-electron chi connectivity index (χ4n) is 2.41. The molecule has 27 heavy (non-hydrogen) atoms. The first kappa shape index (κ1) is 19.0. The number of benzene rings is 2. The van der Waals surface area contributed by atoms with Crippen molar-refractivity contribution >= 4 is 17.7 Å². The molecule has 0 fully saturated rings. The van der Waals surface area contributed by atoms with E-state index in [1.54, 1.807) is 0 Å². The van der Waals surface area contributed by atoms with E-state index in [9.17, 15) is 4.79 Å². The van der Waals surface area contributed by atoms with Gasteiger partial charge in [0.15, 0.2) is 11.0 Å². The van der Waals surface area contributed by atoms with Crippen LogP contribution in [-0.2, 0) is 16.1 Å². The predicted molar refractivity (Wildman–Crippen MR) is 104 cm³/mol. The molecule has 6 nitrogen and oxygen atoms in total. The Morgan fingerprint density at radius 1 is 1.04 bits per heavy atom. The van der Waals surface area contributed by atoms with E-state index in [0.717, 1.165) is 11.4 Å². The van der Waals surface area contributed by atoms with E-state index < -0.39 is 0 Å². The van der Waals surface area contributed by atoms with E-state index in [2.05, 4.69) is 10.2 Å². The van der Waals surface area contributed by atoms with Gasteiger partial charge in [-0.1, -0.05) is 48.2 Å². The molecule has 0 atom stereocenters. The van der Waals surface area contributed by atoms with Crippen molar-refractivity contribution in [2.45, 2.75) is 31.7 Å². The Bertz CT molecular complexity index is 867. The molecule has 0 aliphatic heterocycles. The standard InChI is InChI=1S/C20H21N3O3S/c1-15(2)26-19(24)14-27-20-22-21-18(13-25-17-11-7-4-8-12-17)23(20)16-9-5-3-6-10-16/h3-12,15H,13-14H2,1-2H3. The minimum atomic E-state index is -0.278. The zero-order chi connectivity index (χ0) is 19.1. The summed E-state index contributed by atoms with van der Waals surface area (Å²) >= 11 is 1.29. The normalized spacial score (nSPS) is 10.8. The van der Waals surface area contributed by atoms with E-state index in [1.165, 1.54) is 11.8 Å². The van der Waals surface area contributed by atoms with E-state index in [-0.39, 0.29) is 24.4 Å². The summed E-state index contributed by atoms with van der Waals surface area (Å²) in [5.41, 5.74) is 0.911. The molecule has 0 saturated carbocycles. The summed E-state index contributed by atoms with van der Waals surface area (Å²) in [7, 11) is 0. The number of para-hydroxylation sites is 2. The molecule has 0 aliphatic rings. The number of thioether (sulfide) groups is 1. The van der Waals surface area contributed by atoms with Gasteiger partial charge in [0.05, 0.1) is 11.9 Å². The monoisotopic (exact) mass is 383 g/mol. The van der Waals surface area contributed by atoms with Crippen molar-refractivity contribution in [1.29, 1.82) is 0 Å². The van der Waals surface area contributed by atoms with Crippen LogP contribution in [0.3, 0.4) is 0 Å². The minimum Gasteiger partial charge on any atom is -0.486 e. The predicted octanol–water partition coefficient (Wildman–Crippen LogP) is 3.89. The number of hydrogen-bond donors (Lipinski definition) is 0. The van der Waals surface area contributed by atoms with Crippen LogP contribution in [0.5, 0.6) is 5.75 Å². The van der Waals surface area contributed by atoms with Crippen LogP contribution in [0.15, 0.2) is 65.8 Å². The zero-order valence-corrected chi connectivity index (χ0v) is 16.1. The van der Waals surface area contributed by atoms with Gasteiger partial charge in [0.1, 0.15) is 12.4 Å². The molecule has 3 rings (SSSR count). The molecule has 140 valence electrons. The van der Waals surface area contributed by atoms with Crippen molar-refractivity contribution in [2.75, 3.05) is 5.75 Å². The second-order valence-corrected chi connectivity index (χ2v) is 6.94. The van der Waals surface area contributed by atoms with Gasteiger partial charge in [-0.2, -0.15) is 0 Å². The van der Waals surface area contributed by atoms with Gasteiger partial charge >= 0.3 is 5.97 Å². The molecule has 0 unspecified atom stereocenters. The Morgan fingerprint density at radius 2 is 1.70 bits per heavy atom. The lowest BCUT2D eigenvalue weighted by Crippen LogP contribution is -2.14. The van der Waals surface area contributed by atoms with Crippen LogP contribution < -0.4 is 4.74 Å². The van der Waals surface area contributed by atoms with Crippen LogP contribution in [0, 0.1) is 0 Å². The van der Waals surface area contributed by atoms with Gasteiger partial charge in [0.25, 0.3) is 0 Å². The number of esters is 1. The fraction of sp³-hybridized carbons (Fsp3) is 0.250. The summed E-state index contributed by atoms with van der Waals surface area (Å²) in [6, 6.07) is 19.3. The summed E-state index contributed by atoms with van der Waals surface area (Å²) in [5, 5.41) is 9.12. The first-order valence-corrected chi connectivity index (χ1v) is 9.62. The maximum Gasteiger partial charge on any atom is 0.316 e. The largest absolute Gasteiger partial charge is 0.486 e. The Balaban J connectivity index is 1.79. The molecule has 0 spiro atoms. The highest BCUT2D eigenvalue weighted by Crippen LogP contribution is 2.23. The third kappa shape index (κ3) is 5.34. The molecule has 7 heteroatoms. The summed E-state index contributed by atoms with van der Waals surface area (Å²) < 4.78 is 12.9. The van der Waals surface area contributed by atoms with Gasteiger partial charge in [0.2, 0.25) is 0 Å². The maximum absolute atomic E-state index is 11.9. The van der Waals surface area contributed by atoms with Crippen LogP contribution in [0.2, 0.25) is 0 Å². The van der Waals surface area contributed by atoms with Crippen LogP contribution in [-0.4, -0.2) is 32.6 Å². The fourth-order valence-corrected chi connectivity index (χ4v) is 3.16. The van der Waals surface area contributed by atoms with Gasteiger partial charge in [-0.15, -0.1) is 10.2 Å². The maximum atomic E-state index is 11.9. The van der Waals surface area contributed by atoms with Crippen molar-refractivity contribution in [2.24, 2.45) is 0 Å². The number of rotatable bonds is 8. The number of ether oxygens (including phenoxy) is 2. The van der Waals surface area contributed by atoms with Gasteiger partial charge in [-0.25, -0.2) is 0 Å². The molecule has 0 amide bonds. The first-order chi connectivity index (χ1) is 13.1. The second kappa shape index (κ2) is 9.23. The average Bonchev–Trinajstić information content (AvgIpc) is 3.08. The number of hydrogen-bond acceptors (Lipinski definition) is 6. The van der Waals surface area contributed by atoms with Gasteiger partial charge in [-0.05, 0) is 38.1 Å². The van der Waals surface area contributed by atoms with Gasteiger partial charge in [0, 0.05) is 5.69 Å². The molecule has 0 bridgehead atoms. The summed E-state index contributed by atoms with van der Waals surface area (Å²) in [4.78, 5) is 11.9. The molecular weight excluding hydrogens is 362 g/mol. The molecule has 1 aromatic heterocycles. The van der Waals surface area contributed by atoms with Gasteiger partial charge in [-0.3, -0.25) is 9.36 Å². The Labute approximate surface area is 162 Å². The molecule has 0 radical (unpaired) electrons. The molecule has 3 aromatic rings. The average molecular weight is 383 g/mol. The van der Waals surface area contributed by atoms with Crippen LogP contribution in [0.25, 0.3) is 5.69 Å². The van der Waals surface area contributed by atoms with Crippen molar-refractivity contribution in [3.05, 3.63) is 66.5 Å². The number of nitrogens with zero attached hydrogens (tertiary/aromatic N) is 3. The lowest BCUT2D eigenvalue weighted by molar-refractivity contribution is -0.144. The minimum absolute atomic E-state index is 0.139. The molecular formula is C20H21N3O3S. The molecule has 1 heterocycles. The topological polar surface area (TPSA) is 66.2 Å². The van der Waals surface area contributed by atoms with Gasteiger partial charge < -0.3 is 9.47 Å². The van der Waals surface area contributed by atoms with E-state index in [1.807, 2.05) is 79.1 Å². The van der Waals surface area contributed by atoms with E-state index in [0.29, 0.717) is 11.0 Å². The van der Waals surface area contributed by atoms with E-state index >= 15 is 0 Å². The smallest absolute Gasteiger partial charge is 0.316 e. The quantitative estimate of drug-likeness (QED) is 0.434. The Morgan fingerprint density at radius 3 is 2.37 bits per heavy atom. The highest BCUT2D eigenvalue weighted by Gasteiger charge is 2.17. The molecule has 0 aliphatic carbocycles. The van der Waals surface area contributed by atoms with Crippen LogP contribution in [0.1, 0.15) is 19.7 Å². The Hall–Kier alpha value is -2.80. The third-order valence-corrected chi connectivity index (χ3v) is 4.41. The number of aromatic nitrogens is 3. The zero-order valence-electron chi connectivity index (χ0n) is 15.2. The van der Waals surface area contributed by atoms with Crippen molar-refractivity contribution in [1.82, 2.24) is 14.8 Å². The summed E-state index contributed by atoms with van der Waals surface area (Å²) in [6.45, 7) is 3.92. The lowest BCUT2D eigenvalue weighted by Gasteiger charge is -2.11. The van der Waals surface area contributed by atoms with Crippen molar-refractivity contribution in [3.8, 4) is 11.4 Å². The third-order valence-electron chi connectivity index (χ3n) is 3.51. The Kier molecular flexibility index (Phi) is 6.49. The highest BCUT2D eigenvalue weighted by atomic mass is 32.2. The summed E-state index contributed by atoms with van der Waals surface area (Å²) in [5.74, 6) is 1.31. The summed E-state index contributed by atoms with van der Waals surface area (Å²) in [6.07, 6.45) is -0.139. The first-order valence-electron chi connectivity index (χ1n) is 8.63. The highest BCUT2D eigenvalue weighted by molar-refractivity contribution is 7.99. The number of carbonyl (C=O) groups is 1. The molecule has 0 saturated heterocycles. The van der Waals surface area contributed by atoms with E-state index in [4.69, 9.17) is 9.47 Å². The SMILES string of the molecule is CC(C)OC(=O)CSc1nnc(COc2ccccc2)n1-c1ccccc1. The lowest BCUT2D eigenvalue weighted by atomic mass is 10.3. The van der Waals surface area contributed by atoms with Crippen molar-refractivity contribution < 1.29 is 14.3 Å². The van der Waals surface area contributed by atoms with Crippen molar-refractivity contribution in [3.63, 3.8) is 0 Å². The molecule has 0 N–H and O–H groups in total. The van der Waals surface area contributed by atoms with Crippen LogP contribution >= 0.6 is 11.8 Å². The molecule has 2 aromatic carbocycles. The number of carbonyl (C=O) groups excluding carboxylic acids is 1. The van der Waals surface area contributed by atoms with Crippen LogP contribution in [0.4, 0.5) is 0 Å². The second-order valence-electron chi connectivity index (χ2n) is 6.00.